The molecule has 5 nitrogen and oxygen atoms in total. The number of pyridine rings is 1. The molecule has 0 fully saturated rings. The summed E-state index contributed by atoms with van der Waals surface area (Å²) < 4.78 is 12.2. The molecule has 3 rings (SSSR count). The first kappa shape index (κ1) is 12.3. The standard InChI is InChI=1S/C15H14N2O3/c1-19-13-6-5-10(8-14(13)20-2)17-9-12-11(15(17)18)4-3-7-16-12/h3-9,18H,1-2H3. The van der Waals surface area contributed by atoms with Gasteiger partial charge < -0.3 is 14.6 Å². The first-order chi connectivity index (χ1) is 9.74. The molecule has 0 saturated carbocycles. The summed E-state index contributed by atoms with van der Waals surface area (Å²) in [6, 6.07) is 9.07. The summed E-state index contributed by atoms with van der Waals surface area (Å²) in [7, 11) is 3.16. The minimum Gasteiger partial charge on any atom is -0.494 e. The summed E-state index contributed by atoms with van der Waals surface area (Å²) in [5, 5.41) is 11.0. The number of aromatic nitrogens is 2. The molecule has 0 radical (unpaired) electrons. The molecule has 20 heavy (non-hydrogen) atoms. The quantitative estimate of drug-likeness (QED) is 0.795. The lowest BCUT2D eigenvalue weighted by atomic mass is 10.2. The van der Waals surface area contributed by atoms with Gasteiger partial charge in [-0.3, -0.25) is 9.55 Å². The number of methoxy groups -OCH3 is 2. The molecule has 102 valence electrons. The van der Waals surface area contributed by atoms with E-state index in [9.17, 15) is 5.11 Å². The van der Waals surface area contributed by atoms with Crippen LogP contribution >= 0.6 is 0 Å². The Morgan fingerprint density at radius 1 is 1.10 bits per heavy atom. The van der Waals surface area contributed by atoms with Gasteiger partial charge in [0.05, 0.1) is 30.8 Å². The number of fused-ring (bicyclic) bond motifs is 1. The largest absolute Gasteiger partial charge is 0.494 e. The van der Waals surface area contributed by atoms with Crippen molar-refractivity contribution >= 4 is 10.9 Å². The lowest BCUT2D eigenvalue weighted by molar-refractivity contribution is 0.354. The molecular weight excluding hydrogens is 256 g/mol. The SMILES string of the molecule is COc1ccc(-n2cc3ncccc3c2O)cc1OC. The Bertz CT molecular complexity index is 765. The molecule has 0 atom stereocenters. The van der Waals surface area contributed by atoms with Gasteiger partial charge in [0, 0.05) is 18.5 Å². The van der Waals surface area contributed by atoms with E-state index in [1.165, 1.54) is 0 Å². The summed E-state index contributed by atoms with van der Waals surface area (Å²) in [6.45, 7) is 0. The number of ether oxygens (including phenoxy) is 2. The zero-order chi connectivity index (χ0) is 14.1. The van der Waals surface area contributed by atoms with Crippen molar-refractivity contribution in [2.24, 2.45) is 0 Å². The Morgan fingerprint density at radius 2 is 1.90 bits per heavy atom. The normalized spacial score (nSPS) is 10.7. The molecule has 1 N–H and O–H groups in total. The summed E-state index contributed by atoms with van der Waals surface area (Å²) in [5.74, 6) is 1.40. The van der Waals surface area contributed by atoms with Crippen molar-refractivity contribution in [3.05, 3.63) is 42.7 Å². The molecule has 5 heteroatoms. The van der Waals surface area contributed by atoms with E-state index in [0.29, 0.717) is 16.9 Å². The van der Waals surface area contributed by atoms with Gasteiger partial charge in [0.2, 0.25) is 5.88 Å². The lowest BCUT2D eigenvalue weighted by Gasteiger charge is -2.10. The number of hydrogen-bond acceptors (Lipinski definition) is 4. The van der Waals surface area contributed by atoms with Crippen molar-refractivity contribution in [3.8, 4) is 23.1 Å². The highest BCUT2D eigenvalue weighted by Crippen LogP contribution is 2.33. The Labute approximate surface area is 116 Å². The fourth-order valence-electron chi connectivity index (χ4n) is 2.19. The second kappa shape index (κ2) is 4.77. The maximum Gasteiger partial charge on any atom is 0.205 e. The van der Waals surface area contributed by atoms with Crippen molar-refractivity contribution < 1.29 is 14.6 Å². The van der Waals surface area contributed by atoms with E-state index in [1.54, 1.807) is 49.4 Å². The minimum absolute atomic E-state index is 0.153. The van der Waals surface area contributed by atoms with Gasteiger partial charge in [-0.2, -0.15) is 0 Å². The highest BCUT2D eigenvalue weighted by molar-refractivity contribution is 5.85. The lowest BCUT2D eigenvalue weighted by Crippen LogP contribution is -1.95. The second-order valence-electron chi connectivity index (χ2n) is 4.30. The molecule has 0 aliphatic rings. The zero-order valence-corrected chi connectivity index (χ0v) is 11.2. The van der Waals surface area contributed by atoms with Crippen LogP contribution < -0.4 is 9.47 Å². The Morgan fingerprint density at radius 3 is 2.60 bits per heavy atom. The van der Waals surface area contributed by atoms with Gasteiger partial charge >= 0.3 is 0 Å². The average Bonchev–Trinajstić information content (AvgIpc) is 2.84. The van der Waals surface area contributed by atoms with Crippen molar-refractivity contribution in [1.29, 1.82) is 0 Å². The number of rotatable bonds is 3. The van der Waals surface area contributed by atoms with Gasteiger partial charge in [-0.15, -0.1) is 0 Å². The van der Waals surface area contributed by atoms with E-state index in [0.717, 1.165) is 11.2 Å². The third-order valence-electron chi connectivity index (χ3n) is 3.20. The maximum absolute atomic E-state index is 10.3. The van der Waals surface area contributed by atoms with Crippen LogP contribution in [0.15, 0.2) is 42.7 Å². The molecule has 3 aromatic rings. The molecule has 0 aliphatic carbocycles. The molecule has 2 aromatic heterocycles. The van der Waals surface area contributed by atoms with Crippen molar-refractivity contribution in [1.82, 2.24) is 9.55 Å². The molecule has 0 aliphatic heterocycles. The summed E-state index contributed by atoms with van der Waals surface area (Å²) in [6.07, 6.45) is 3.48. The summed E-state index contributed by atoms with van der Waals surface area (Å²) in [4.78, 5) is 4.23. The number of benzene rings is 1. The van der Waals surface area contributed by atoms with Gasteiger partial charge in [0.15, 0.2) is 11.5 Å². The second-order valence-corrected chi connectivity index (χ2v) is 4.30. The first-order valence-corrected chi connectivity index (χ1v) is 6.12. The van der Waals surface area contributed by atoms with Gasteiger partial charge in [0.1, 0.15) is 0 Å². The Balaban J connectivity index is 2.18. The van der Waals surface area contributed by atoms with Crippen LogP contribution in [0.25, 0.3) is 16.6 Å². The van der Waals surface area contributed by atoms with Gasteiger partial charge in [-0.05, 0) is 24.3 Å². The van der Waals surface area contributed by atoms with Crippen molar-refractivity contribution in [2.45, 2.75) is 0 Å². The van der Waals surface area contributed by atoms with Crippen LogP contribution in [-0.4, -0.2) is 28.9 Å². The van der Waals surface area contributed by atoms with E-state index in [1.807, 2.05) is 12.1 Å². The van der Waals surface area contributed by atoms with Gasteiger partial charge in [-0.1, -0.05) is 0 Å². The summed E-state index contributed by atoms with van der Waals surface area (Å²) in [5.41, 5.74) is 1.51. The van der Waals surface area contributed by atoms with Crippen LogP contribution in [0, 0.1) is 0 Å². The smallest absolute Gasteiger partial charge is 0.205 e. The van der Waals surface area contributed by atoms with Crippen molar-refractivity contribution in [3.63, 3.8) is 0 Å². The van der Waals surface area contributed by atoms with E-state index >= 15 is 0 Å². The molecule has 0 unspecified atom stereocenters. The van der Waals surface area contributed by atoms with Crippen LogP contribution in [0.5, 0.6) is 17.4 Å². The van der Waals surface area contributed by atoms with Gasteiger partial charge in [0.25, 0.3) is 0 Å². The van der Waals surface area contributed by atoms with Crippen LogP contribution in [0.1, 0.15) is 0 Å². The monoisotopic (exact) mass is 270 g/mol. The van der Waals surface area contributed by atoms with E-state index < -0.39 is 0 Å². The summed E-state index contributed by atoms with van der Waals surface area (Å²) >= 11 is 0. The van der Waals surface area contributed by atoms with Crippen molar-refractivity contribution in [2.75, 3.05) is 14.2 Å². The van der Waals surface area contributed by atoms with Crippen LogP contribution in [-0.2, 0) is 0 Å². The minimum atomic E-state index is 0.153. The number of hydrogen-bond donors (Lipinski definition) is 1. The molecule has 0 amide bonds. The average molecular weight is 270 g/mol. The molecular formula is C15H14N2O3. The van der Waals surface area contributed by atoms with Gasteiger partial charge in [-0.25, -0.2) is 0 Å². The third-order valence-corrected chi connectivity index (χ3v) is 3.20. The third kappa shape index (κ3) is 1.84. The fourth-order valence-corrected chi connectivity index (χ4v) is 2.19. The number of aromatic hydroxyl groups is 1. The predicted molar refractivity (Wildman–Crippen MR) is 75.8 cm³/mol. The van der Waals surface area contributed by atoms with Crippen LogP contribution in [0.4, 0.5) is 0 Å². The highest BCUT2D eigenvalue weighted by atomic mass is 16.5. The Hall–Kier alpha value is -2.69. The molecule has 0 spiro atoms. The molecule has 0 saturated heterocycles. The zero-order valence-electron chi connectivity index (χ0n) is 11.2. The van der Waals surface area contributed by atoms with Crippen LogP contribution in [0.3, 0.4) is 0 Å². The first-order valence-electron chi connectivity index (χ1n) is 6.12. The van der Waals surface area contributed by atoms with E-state index in [4.69, 9.17) is 9.47 Å². The van der Waals surface area contributed by atoms with E-state index in [2.05, 4.69) is 4.98 Å². The molecule has 2 heterocycles. The van der Waals surface area contributed by atoms with Crippen LogP contribution in [0.2, 0.25) is 0 Å². The fraction of sp³-hybridized carbons (Fsp3) is 0.133. The van der Waals surface area contributed by atoms with E-state index in [-0.39, 0.29) is 5.88 Å². The highest BCUT2D eigenvalue weighted by Gasteiger charge is 2.12. The topological polar surface area (TPSA) is 56.5 Å². The number of nitrogens with zero attached hydrogens (tertiary/aromatic N) is 2. The Kier molecular flexibility index (Phi) is 2.95. The molecule has 1 aromatic carbocycles. The maximum atomic E-state index is 10.3. The predicted octanol–water partition coefficient (Wildman–Crippen LogP) is 2.75. The molecule has 0 bridgehead atoms.